The summed E-state index contributed by atoms with van der Waals surface area (Å²) in [5, 5.41) is 2.78. The number of nitrogens with zero attached hydrogens (tertiary/aromatic N) is 1. The first-order valence-corrected chi connectivity index (χ1v) is 5.36. The Morgan fingerprint density at radius 3 is 3.07 bits per heavy atom. The van der Waals surface area contributed by atoms with Crippen LogP contribution in [0, 0.1) is 0 Å². The number of ether oxygens (including phenoxy) is 1. The fraction of sp³-hybridized carbons (Fsp3) is 0.727. The molecule has 15 heavy (non-hydrogen) atoms. The molecule has 2 unspecified atom stereocenters. The van der Waals surface area contributed by atoms with Crippen LogP contribution in [0.1, 0.15) is 13.8 Å². The molecule has 4 heteroatoms. The zero-order valence-electron chi connectivity index (χ0n) is 9.53. The molecular weight excluding hydrogens is 192 g/mol. The van der Waals surface area contributed by atoms with E-state index in [0.717, 1.165) is 6.54 Å². The summed E-state index contributed by atoms with van der Waals surface area (Å²) in [6.45, 7) is 10.2. The van der Waals surface area contributed by atoms with Gasteiger partial charge in [-0.25, -0.2) is 0 Å². The molecular formula is C11H20N2O2. The van der Waals surface area contributed by atoms with Gasteiger partial charge in [-0.2, -0.15) is 0 Å². The first kappa shape index (κ1) is 12.2. The molecule has 0 aliphatic carbocycles. The number of carbonyl (C=O) groups is 1. The minimum absolute atomic E-state index is 0.0517. The lowest BCUT2D eigenvalue weighted by Gasteiger charge is -2.36. The molecule has 4 nitrogen and oxygen atoms in total. The summed E-state index contributed by atoms with van der Waals surface area (Å²) in [4.78, 5) is 13.6. The summed E-state index contributed by atoms with van der Waals surface area (Å²) in [5.41, 5.74) is 0. The molecule has 1 N–H and O–H groups in total. The van der Waals surface area contributed by atoms with Gasteiger partial charge in [-0.05, 0) is 13.8 Å². The number of nitrogens with one attached hydrogen (secondary N) is 1. The molecule has 1 rings (SSSR count). The van der Waals surface area contributed by atoms with Crippen LogP contribution in [-0.4, -0.2) is 49.2 Å². The zero-order chi connectivity index (χ0) is 11.3. The predicted octanol–water partition coefficient (Wildman–Crippen LogP) is 0.398. The Morgan fingerprint density at radius 1 is 1.67 bits per heavy atom. The van der Waals surface area contributed by atoms with Crippen molar-refractivity contribution >= 4 is 5.91 Å². The summed E-state index contributed by atoms with van der Waals surface area (Å²) < 4.78 is 5.49. The van der Waals surface area contributed by atoms with Crippen LogP contribution in [-0.2, 0) is 9.53 Å². The Bertz CT molecular complexity index is 231. The highest BCUT2D eigenvalue weighted by Gasteiger charge is 2.24. The summed E-state index contributed by atoms with van der Waals surface area (Å²) in [5.74, 6) is 0.0517. The third kappa shape index (κ3) is 4.01. The van der Waals surface area contributed by atoms with E-state index in [2.05, 4.69) is 23.7 Å². The van der Waals surface area contributed by atoms with E-state index < -0.39 is 0 Å². The van der Waals surface area contributed by atoms with Crippen LogP contribution in [0.15, 0.2) is 12.7 Å². The molecule has 0 spiro atoms. The largest absolute Gasteiger partial charge is 0.376 e. The highest BCUT2D eigenvalue weighted by atomic mass is 16.5. The lowest BCUT2D eigenvalue weighted by Crippen LogP contribution is -2.50. The lowest BCUT2D eigenvalue weighted by atomic mass is 10.2. The lowest BCUT2D eigenvalue weighted by molar-refractivity contribution is -0.125. The van der Waals surface area contributed by atoms with Gasteiger partial charge in [-0.15, -0.1) is 6.58 Å². The number of rotatable bonds is 4. The van der Waals surface area contributed by atoms with Crippen molar-refractivity contribution in [3.63, 3.8) is 0 Å². The zero-order valence-corrected chi connectivity index (χ0v) is 9.53. The first-order chi connectivity index (χ1) is 7.13. The Morgan fingerprint density at radius 2 is 2.40 bits per heavy atom. The molecule has 1 aliphatic heterocycles. The monoisotopic (exact) mass is 212 g/mol. The summed E-state index contributed by atoms with van der Waals surface area (Å²) in [6.07, 6.45) is 1.90. The van der Waals surface area contributed by atoms with Crippen molar-refractivity contribution in [3.05, 3.63) is 12.7 Å². The molecule has 86 valence electrons. The second kappa shape index (κ2) is 5.88. The van der Waals surface area contributed by atoms with Gasteiger partial charge < -0.3 is 10.1 Å². The van der Waals surface area contributed by atoms with Gasteiger partial charge in [0.1, 0.15) is 0 Å². The molecule has 0 aromatic carbocycles. The molecule has 0 bridgehead atoms. The summed E-state index contributed by atoms with van der Waals surface area (Å²) >= 11 is 0. The summed E-state index contributed by atoms with van der Waals surface area (Å²) in [7, 11) is 0. The molecule has 0 radical (unpaired) electrons. The fourth-order valence-electron chi connectivity index (χ4n) is 1.62. The maximum absolute atomic E-state index is 11.5. The predicted molar refractivity (Wildman–Crippen MR) is 59.7 cm³/mol. The minimum atomic E-state index is 0.0517. The van der Waals surface area contributed by atoms with Crippen LogP contribution in [0.3, 0.4) is 0 Å². The third-order valence-electron chi connectivity index (χ3n) is 2.53. The van der Waals surface area contributed by atoms with Gasteiger partial charge in [0.05, 0.1) is 19.3 Å². The van der Waals surface area contributed by atoms with E-state index in [9.17, 15) is 4.79 Å². The van der Waals surface area contributed by atoms with E-state index in [1.807, 2.05) is 6.92 Å². The van der Waals surface area contributed by atoms with E-state index in [0.29, 0.717) is 25.7 Å². The Hall–Kier alpha value is -0.870. The number of hydrogen-bond donors (Lipinski definition) is 1. The Balaban J connectivity index is 2.34. The van der Waals surface area contributed by atoms with Crippen molar-refractivity contribution in [3.8, 4) is 0 Å². The number of amides is 1. The molecule has 0 aromatic heterocycles. The Labute approximate surface area is 91.3 Å². The van der Waals surface area contributed by atoms with E-state index in [-0.39, 0.29) is 12.0 Å². The van der Waals surface area contributed by atoms with Crippen LogP contribution in [0.25, 0.3) is 0 Å². The number of carbonyl (C=O) groups excluding carboxylic acids is 1. The van der Waals surface area contributed by atoms with E-state index >= 15 is 0 Å². The van der Waals surface area contributed by atoms with E-state index in [4.69, 9.17) is 4.74 Å². The Kier molecular flexibility index (Phi) is 4.78. The van der Waals surface area contributed by atoms with Crippen molar-refractivity contribution in [1.82, 2.24) is 10.2 Å². The average molecular weight is 212 g/mol. The van der Waals surface area contributed by atoms with Crippen molar-refractivity contribution in [2.45, 2.75) is 26.0 Å². The van der Waals surface area contributed by atoms with Gasteiger partial charge in [-0.3, -0.25) is 9.69 Å². The molecule has 0 saturated carbocycles. The molecule has 1 fully saturated rings. The molecule has 2 atom stereocenters. The molecule has 1 heterocycles. The van der Waals surface area contributed by atoms with E-state index in [1.165, 1.54) is 0 Å². The molecule has 0 aromatic rings. The van der Waals surface area contributed by atoms with Crippen LogP contribution in [0.5, 0.6) is 0 Å². The highest BCUT2D eigenvalue weighted by Crippen LogP contribution is 2.10. The number of hydrogen-bond acceptors (Lipinski definition) is 3. The SMILES string of the molecule is C=CCNC(=O)CN1CC(C)OCC1C. The van der Waals surface area contributed by atoms with Gasteiger partial charge in [0, 0.05) is 19.1 Å². The normalized spacial score (nSPS) is 27.3. The first-order valence-electron chi connectivity index (χ1n) is 5.36. The van der Waals surface area contributed by atoms with Gasteiger partial charge in [0.15, 0.2) is 0 Å². The topological polar surface area (TPSA) is 41.6 Å². The van der Waals surface area contributed by atoms with Crippen LogP contribution < -0.4 is 5.32 Å². The maximum atomic E-state index is 11.5. The fourth-order valence-corrected chi connectivity index (χ4v) is 1.62. The van der Waals surface area contributed by atoms with Crippen molar-refractivity contribution < 1.29 is 9.53 Å². The van der Waals surface area contributed by atoms with Crippen LogP contribution >= 0.6 is 0 Å². The second-order valence-electron chi connectivity index (χ2n) is 4.02. The second-order valence-corrected chi connectivity index (χ2v) is 4.02. The van der Waals surface area contributed by atoms with Crippen molar-refractivity contribution in [1.29, 1.82) is 0 Å². The smallest absolute Gasteiger partial charge is 0.234 e. The third-order valence-corrected chi connectivity index (χ3v) is 2.53. The average Bonchev–Trinajstić information content (AvgIpc) is 2.20. The number of morpholine rings is 1. The van der Waals surface area contributed by atoms with Gasteiger partial charge in [0.2, 0.25) is 5.91 Å². The van der Waals surface area contributed by atoms with E-state index in [1.54, 1.807) is 6.08 Å². The quantitative estimate of drug-likeness (QED) is 0.686. The minimum Gasteiger partial charge on any atom is -0.376 e. The van der Waals surface area contributed by atoms with Crippen LogP contribution in [0.4, 0.5) is 0 Å². The molecule has 1 aliphatic rings. The molecule has 1 amide bonds. The highest BCUT2D eigenvalue weighted by molar-refractivity contribution is 5.78. The summed E-state index contributed by atoms with van der Waals surface area (Å²) in [6, 6.07) is 0.315. The van der Waals surface area contributed by atoms with Gasteiger partial charge in [-0.1, -0.05) is 6.08 Å². The standard InChI is InChI=1S/C11H20N2O2/c1-4-5-12-11(14)7-13-6-10(3)15-8-9(13)2/h4,9-10H,1,5-8H2,2-3H3,(H,12,14). The van der Waals surface area contributed by atoms with Gasteiger partial charge in [0.25, 0.3) is 0 Å². The van der Waals surface area contributed by atoms with Gasteiger partial charge >= 0.3 is 0 Å². The maximum Gasteiger partial charge on any atom is 0.234 e. The van der Waals surface area contributed by atoms with Crippen molar-refractivity contribution in [2.24, 2.45) is 0 Å². The van der Waals surface area contributed by atoms with Crippen LogP contribution in [0.2, 0.25) is 0 Å². The molecule has 1 saturated heterocycles. The van der Waals surface area contributed by atoms with Crippen molar-refractivity contribution in [2.75, 3.05) is 26.2 Å².